The summed E-state index contributed by atoms with van der Waals surface area (Å²) in [5.41, 5.74) is 5.13. The largest absolute Gasteiger partial charge is 0.456 e. The van der Waals surface area contributed by atoms with Gasteiger partial charge >= 0.3 is 0 Å². The zero-order valence-corrected chi connectivity index (χ0v) is 20.7. The number of nitrogens with zero attached hydrogens (tertiary/aromatic N) is 1. The molecule has 6 aromatic carbocycles. The Morgan fingerprint density at radius 2 is 1.08 bits per heavy atom. The van der Waals surface area contributed by atoms with Crippen LogP contribution < -0.4 is 4.90 Å². The molecule has 2 aromatic heterocycles. The van der Waals surface area contributed by atoms with Gasteiger partial charge in [-0.15, -0.1) is 11.3 Å². The maximum absolute atomic E-state index is 6.28. The Labute approximate surface area is 217 Å². The van der Waals surface area contributed by atoms with Gasteiger partial charge in [0.15, 0.2) is 0 Å². The highest BCUT2D eigenvalue weighted by molar-refractivity contribution is 7.25. The molecule has 2 heterocycles. The van der Waals surface area contributed by atoms with Crippen molar-refractivity contribution in [3.8, 4) is 0 Å². The third kappa shape index (κ3) is 3.25. The highest BCUT2D eigenvalue weighted by Crippen LogP contribution is 2.42. The van der Waals surface area contributed by atoms with Crippen molar-refractivity contribution in [2.24, 2.45) is 0 Å². The Bertz CT molecular complexity index is 2120. The Balaban J connectivity index is 1.38. The van der Waals surface area contributed by atoms with Crippen LogP contribution in [0.2, 0.25) is 0 Å². The Morgan fingerprint density at radius 3 is 2.03 bits per heavy atom. The summed E-state index contributed by atoms with van der Waals surface area (Å²) in [5, 5.41) is 7.32. The number of hydrogen-bond acceptors (Lipinski definition) is 3. The van der Waals surface area contributed by atoms with Crippen molar-refractivity contribution in [3.05, 3.63) is 127 Å². The lowest BCUT2D eigenvalue weighted by Crippen LogP contribution is -2.09. The molecule has 0 bridgehead atoms. The summed E-state index contributed by atoms with van der Waals surface area (Å²) in [5.74, 6) is 0. The van der Waals surface area contributed by atoms with Crippen LogP contribution in [0.15, 0.2) is 132 Å². The van der Waals surface area contributed by atoms with E-state index in [-0.39, 0.29) is 0 Å². The van der Waals surface area contributed by atoms with E-state index in [1.54, 1.807) is 0 Å². The molecule has 0 N–H and O–H groups in total. The predicted molar refractivity (Wildman–Crippen MR) is 159 cm³/mol. The zero-order valence-electron chi connectivity index (χ0n) is 19.9. The third-order valence-electron chi connectivity index (χ3n) is 7.23. The molecule has 0 atom stereocenters. The van der Waals surface area contributed by atoms with E-state index < -0.39 is 0 Å². The van der Waals surface area contributed by atoms with Crippen LogP contribution in [-0.4, -0.2) is 0 Å². The Kier molecular flexibility index (Phi) is 4.42. The van der Waals surface area contributed by atoms with Gasteiger partial charge in [0.05, 0.1) is 0 Å². The monoisotopic (exact) mass is 491 g/mol. The van der Waals surface area contributed by atoms with E-state index in [0.717, 1.165) is 39.0 Å². The number of para-hydroxylation sites is 1. The van der Waals surface area contributed by atoms with Crippen molar-refractivity contribution in [3.63, 3.8) is 0 Å². The molecule has 0 radical (unpaired) electrons. The van der Waals surface area contributed by atoms with Crippen LogP contribution in [0.1, 0.15) is 0 Å². The molecule has 0 saturated heterocycles. The number of furan rings is 1. The van der Waals surface area contributed by atoms with Crippen molar-refractivity contribution >= 4 is 81.3 Å². The maximum Gasteiger partial charge on any atom is 0.137 e. The van der Waals surface area contributed by atoms with Gasteiger partial charge in [0.1, 0.15) is 11.2 Å². The number of hydrogen-bond donors (Lipinski definition) is 0. The maximum atomic E-state index is 6.28. The van der Waals surface area contributed by atoms with Crippen LogP contribution in [0.25, 0.3) is 52.9 Å². The second kappa shape index (κ2) is 7.95. The lowest BCUT2D eigenvalue weighted by atomic mass is 10.1. The number of anilines is 3. The molecule has 0 unspecified atom stereocenters. The zero-order chi connectivity index (χ0) is 24.3. The van der Waals surface area contributed by atoms with Gasteiger partial charge in [0.25, 0.3) is 0 Å². The van der Waals surface area contributed by atoms with Gasteiger partial charge in [0.2, 0.25) is 0 Å². The lowest BCUT2D eigenvalue weighted by molar-refractivity contribution is 0.669. The average Bonchev–Trinajstić information content (AvgIpc) is 3.51. The van der Waals surface area contributed by atoms with Crippen LogP contribution >= 0.6 is 11.3 Å². The second-order valence-corrected chi connectivity index (χ2v) is 10.5. The van der Waals surface area contributed by atoms with E-state index in [1.165, 1.54) is 30.9 Å². The van der Waals surface area contributed by atoms with Gasteiger partial charge in [-0.3, -0.25) is 0 Å². The van der Waals surface area contributed by atoms with Crippen LogP contribution in [0.3, 0.4) is 0 Å². The normalized spacial score (nSPS) is 11.8. The van der Waals surface area contributed by atoms with E-state index in [0.29, 0.717) is 0 Å². The smallest absolute Gasteiger partial charge is 0.137 e. The van der Waals surface area contributed by atoms with Crippen LogP contribution in [-0.2, 0) is 0 Å². The van der Waals surface area contributed by atoms with E-state index >= 15 is 0 Å². The minimum Gasteiger partial charge on any atom is -0.456 e. The minimum absolute atomic E-state index is 0.895. The lowest BCUT2D eigenvalue weighted by Gasteiger charge is -2.26. The van der Waals surface area contributed by atoms with Gasteiger partial charge in [-0.2, -0.15) is 0 Å². The molecule has 2 nitrogen and oxygen atoms in total. The average molecular weight is 492 g/mol. The molecule has 0 aliphatic rings. The third-order valence-corrected chi connectivity index (χ3v) is 8.38. The predicted octanol–water partition coefficient (Wildman–Crippen LogP) is 10.6. The van der Waals surface area contributed by atoms with Crippen LogP contribution in [0.4, 0.5) is 17.1 Å². The first-order chi connectivity index (χ1) is 18.3. The summed E-state index contributed by atoms with van der Waals surface area (Å²) in [4.78, 5) is 2.34. The molecule has 0 aliphatic carbocycles. The standard InChI is InChI=1S/C34H21NOS/c1-2-8-23-19-24(14-13-22(23)7-1)35(25-16-18-34-30(20-25)29-10-4-6-12-33(29)37-34)26-15-17-28-27-9-3-5-11-31(27)36-32(28)21-26/h1-21H. The molecule has 0 saturated carbocycles. The summed E-state index contributed by atoms with van der Waals surface area (Å²) in [6.45, 7) is 0. The van der Waals surface area contributed by atoms with Crippen molar-refractivity contribution in [1.82, 2.24) is 0 Å². The van der Waals surface area contributed by atoms with Gasteiger partial charge in [-0.1, -0.05) is 66.7 Å². The molecule has 3 heteroatoms. The number of benzene rings is 6. The molecule has 0 aliphatic heterocycles. The number of fused-ring (bicyclic) bond motifs is 7. The number of thiophene rings is 1. The first-order valence-corrected chi connectivity index (χ1v) is 13.2. The molecule has 0 spiro atoms. The van der Waals surface area contributed by atoms with Crippen LogP contribution in [0, 0.1) is 0 Å². The fourth-order valence-corrected chi connectivity index (χ4v) is 6.56. The van der Waals surface area contributed by atoms with Gasteiger partial charge in [-0.05, 0) is 65.4 Å². The minimum atomic E-state index is 0.895. The number of rotatable bonds is 3. The summed E-state index contributed by atoms with van der Waals surface area (Å²) in [7, 11) is 0. The summed E-state index contributed by atoms with van der Waals surface area (Å²) in [6.07, 6.45) is 0. The van der Waals surface area contributed by atoms with Crippen molar-refractivity contribution < 1.29 is 4.42 Å². The Morgan fingerprint density at radius 1 is 0.432 bits per heavy atom. The first kappa shape index (κ1) is 20.6. The highest BCUT2D eigenvalue weighted by atomic mass is 32.1. The van der Waals surface area contributed by atoms with E-state index in [4.69, 9.17) is 4.42 Å². The molecule has 0 fully saturated rings. The van der Waals surface area contributed by atoms with Gasteiger partial charge in [0, 0.05) is 54.1 Å². The quantitative estimate of drug-likeness (QED) is 0.244. The topological polar surface area (TPSA) is 16.4 Å². The van der Waals surface area contributed by atoms with Crippen molar-refractivity contribution in [1.29, 1.82) is 0 Å². The molecule has 0 amide bonds. The summed E-state index contributed by atoms with van der Waals surface area (Å²) < 4.78 is 8.89. The SMILES string of the molecule is c1ccc2cc(N(c3ccc4c(c3)oc3ccccc34)c3ccc4sc5ccccc5c4c3)ccc2c1. The molecule has 8 aromatic rings. The first-order valence-electron chi connectivity index (χ1n) is 12.4. The molecule has 174 valence electrons. The van der Waals surface area contributed by atoms with Crippen molar-refractivity contribution in [2.75, 3.05) is 4.90 Å². The summed E-state index contributed by atoms with van der Waals surface area (Å²) >= 11 is 1.85. The molecule has 8 rings (SSSR count). The fourth-order valence-electron chi connectivity index (χ4n) is 5.47. The second-order valence-electron chi connectivity index (χ2n) is 9.42. The summed E-state index contributed by atoms with van der Waals surface area (Å²) in [6, 6.07) is 45.5. The molecular weight excluding hydrogens is 470 g/mol. The van der Waals surface area contributed by atoms with Crippen LogP contribution in [0.5, 0.6) is 0 Å². The van der Waals surface area contributed by atoms with E-state index in [2.05, 4.69) is 120 Å². The van der Waals surface area contributed by atoms with E-state index in [9.17, 15) is 0 Å². The van der Waals surface area contributed by atoms with Gasteiger partial charge < -0.3 is 9.32 Å². The Hall–Kier alpha value is -4.60. The fraction of sp³-hybridized carbons (Fsp3) is 0. The van der Waals surface area contributed by atoms with Crippen molar-refractivity contribution in [2.45, 2.75) is 0 Å². The molecule has 37 heavy (non-hydrogen) atoms. The molecular formula is C34H21NOS. The van der Waals surface area contributed by atoms with Gasteiger partial charge in [-0.25, -0.2) is 0 Å². The highest BCUT2D eigenvalue weighted by Gasteiger charge is 2.17. The van der Waals surface area contributed by atoms with E-state index in [1.807, 2.05) is 23.5 Å².